The Balaban J connectivity index is 1.77. The van der Waals surface area contributed by atoms with Crippen LogP contribution in [0.2, 0.25) is 0 Å². The number of rotatable bonds is 5. The molecule has 0 saturated heterocycles. The third kappa shape index (κ3) is 3.21. The molecule has 1 unspecified atom stereocenters. The molecule has 0 aliphatic heterocycles. The first-order valence-electron chi connectivity index (χ1n) is 8.93. The van der Waals surface area contributed by atoms with Crippen molar-refractivity contribution < 1.29 is 4.79 Å². The van der Waals surface area contributed by atoms with Gasteiger partial charge in [-0.3, -0.25) is 9.20 Å². The lowest BCUT2D eigenvalue weighted by Crippen LogP contribution is -2.34. The maximum absolute atomic E-state index is 13.6. The highest BCUT2D eigenvalue weighted by atomic mass is 16.2. The van der Waals surface area contributed by atoms with Crippen LogP contribution in [0.25, 0.3) is 5.65 Å². The lowest BCUT2D eigenvalue weighted by Gasteiger charge is -2.29. The number of hydrogen-bond acceptors (Lipinski definition) is 3. The van der Waals surface area contributed by atoms with E-state index in [9.17, 15) is 4.79 Å². The summed E-state index contributed by atoms with van der Waals surface area (Å²) in [6.07, 6.45) is 5.34. The molecule has 0 aliphatic carbocycles. The number of imidazole rings is 2. The zero-order valence-corrected chi connectivity index (χ0v) is 15.3. The van der Waals surface area contributed by atoms with Crippen LogP contribution in [0.4, 0.5) is 0 Å². The Bertz CT molecular complexity index is 1050. The highest BCUT2D eigenvalue weighted by Gasteiger charge is 2.27. The number of nitrogens with zero attached hydrogens (tertiary/aromatic N) is 4. The molecule has 1 atom stereocenters. The second-order valence-electron chi connectivity index (χ2n) is 6.53. The molecule has 4 aromatic rings. The van der Waals surface area contributed by atoms with E-state index in [-0.39, 0.29) is 11.9 Å². The van der Waals surface area contributed by atoms with Gasteiger partial charge in [-0.2, -0.15) is 0 Å². The largest absolute Gasteiger partial charge is 0.347 e. The Labute approximate surface area is 157 Å². The number of amides is 1. The van der Waals surface area contributed by atoms with Crippen LogP contribution in [0, 0.1) is 6.92 Å². The van der Waals surface area contributed by atoms with Gasteiger partial charge in [-0.1, -0.05) is 36.4 Å². The number of H-pyrrole nitrogens is 1. The molecule has 1 amide bonds. The average molecular weight is 359 g/mol. The number of nitrogens with one attached hydrogen (secondary N) is 1. The Kier molecular flexibility index (Phi) is 4.46. The summed E-state index contributed by atoms with van der Waals surface area (Å²) in [6.45, 7) is 4.30. The molecule has 0 spiro atoms. The standard InChI is InChI=1S/C21H21N5O/c1-15-20(25-13-7-6-10-19(25)24-15)21(27)26(14-18-22-11-12-23-18)16(2)17-8-4-3-5-9-17/h3-13,16H,14H2,1-2H3,(H,22,23). The van der Waals surface area contributed by atoms with Crippen molar-refractivity contribution >= 4 is 11.6 Å². The van der Waals surface area contributed by atoms with Crippen molar-refractivity contribution in [3.63, 3.8) is 0 Å². The van der Waals surface area contributed by atoms with E-state index in [1.165, 1.54) is 0 Å². The maximum Gasteiger partial charge on any atom is 0.273 e. The SMILES string of the molecule is Cc1nc2ccccn2c1C(=O)N(Cc1ncc[nH]1)C(C)c1ccccc1. The molecule has 3 aromatic heterocycles. The van der Waals surface area contributed by atoms with Crippen molar-refractivity contribution in [3.05, 3.63) is 89.9 Å². The zero-order chi connectivity index (χ0) is 18.8. The van der Waals surface area contributed by atoms with Crippen molar-refractivity contribution in [1.29, 1.82) is 0 Å². The molecule has 3 heterocycles. The van der Waals surface area contributed by atoms with Crippen LogP contribution in [-0.2, 0) is 6.54 Å². The van der Waals surface area contributed by atoms with Crippen molar-refractivity contribution in [3.8, 4) is 0 Å². The molecule has 27 heavy (non-hydrogen) atoms. The molecule has 0 bridgehead atoms. The fraction of sp³-hybridized carbons (Fsp3) is 0.190. The van der Waals surface area contributed by atoms with E-state index in [0.717, 1.165) is 22.7 Å². The second-order valence-corrected chi connectivity index (χ2v) is 6.53. The highest BCUT2D eigenvalue weighted by Crippen LogP contribution is 2.25. The Morgan fingerprint density at radius 1 is 1.19 bits per heavy atom. The average Bonchev–Trinajstić information content (AvgIpc) is 3.32. The van der Waals surface area contributed by atoms with E-state index >= 15 is 0 Å². The number of pyridine rings is 1. The molecular weight excluding hydrogens is 338 g/mol. The van der Waals surface area contributed by atoms with Crippen LogP contribution in [0.5, 0.6) is 0 Å². The molecule has 136 valence electrons. The van der Waals surface area contributed by atoms with E-state index < -0.39 is 0 Å². The first kappa shape index (κ1) is 17.0. The summed E-state index contributed by atoms with van der Waals surface area (Å²) in [5, 5.41) is 0. The summed E-state index contributed by atoms with van der Waals surface area (Å²) < 4.78 is 1.85. The number of aromatic amines is 1. The first-order chi connectivity index (χ1) is 13.1. The van der Waals surface area contributed by atoms with Gasteiger partial charge < -0.3 is 9.88 Å². The number of fused-ring (bicyclic) bond motifs is 1. The normalized spacial score (nSPS) is 12.2. The van der Waals surface area contributed by atoms with Crippen LogP contribution >= 0.6 is 0 Å². The van der Waals surface area contributed by atoms with Gasteiger partial charge in [0.25, 0.3) is 5.91 Å². The third-order valence-electron chi connectivity index (χ3n) is 4.79. The molecule has 6 heteroatoms. The lowest BCUT2D eigenvalue weighted by atomic mass is 10.1. The topological polar surface area (TPSA) is 66.3 Å². The first-order valence-corrected chi connectivity index (χ1v) is 8.93. The smallest absolute Gasteiger partial charge is 0.273 e. The summed E-state index contributed by atoms with van der Waals surface area (Å²) in [4.78, 5) is 27.4. The van der Waals surface area contributed by atoms with Gasteiger partial charge in [0.2, 0.25) is 0 Å². The van der Waals surface area contributed by atoms with Gasteiger partial charge in [-0.25, -0.2) is 9.97 Å². The van der Waals surface area contributed by atoms with E-state index in [1.807, 2.05) is 77.9 Å². The lowest BCUT2D eigenvalue weighted by molar-refractivity contribution is 0.0661. The number of aryl methyl sites for hydroxylation is 1. The monoisotopic (exact) mass is 359 g/mol. The third-order valence-corrected chi connectivity index (χ3v) is 4.79. The van der Waals surface area contributed by atoms with Gasteiger partial charge in [0, 0.05) is 18.6 Å². The van der Waals surface area contributed by atoms with Crippen molar-refractivity contribution in [2.24, 2.45) is 0 Å². The summed E-state index contributed by atoms with van der Waals surface area (Å²) in [7, 11) is 0. The molecule has 0 saturated carbocycles. The van der Waals surface area contributed by atoms with E-state index in [0.29, 0.717) is 12.2 Å². The minimum atomic E-state index is -0.113. The van der Waals surface area contributed by atoms with Gasteiger partial charge in [0.05, 0.1) is 18.3 Å². The maximum atomic E-state index is 13.6. The minimum absolute atomic E-state index is 0.0704. The second kappa shape index (κ2) is 7.07. The number of carbonyl (C=O) groups excluding carboxylic acids is 1. The molecule has 0 fully saturated rings. The molecule has 0 radical (unpaired) electrons. The molecule has 6 nitrogen and oxygen atoms in total. The summed E-state index contributed by atoms with van der Waals surface area (Å²) >= 11 is 0. The van der Waals surface area contributed by atoms with Gasteiger partial charge in [0.1, 0.15) is 17.2 Å². The molecule has 1 N–H and O–H groups in total. The number of benzene rings is 1. The molecule has 0 aliphatic rings. The van der Waals surface area contributed by atoms with Gasteiger partial charge in [-0.15, -0.1) is 0 Å². The Morgan fingerprint density at radius 2 is 1.96 bits per heavy atom. The van der Waals surface area contributed by atoms with E-state index in [4.69, 9.17) is 0 Å². The van der Waals surface area contributed by atoms with Crippen molar-refractivity contribution in [2.75, 3.05) is 0 Å². The van der Waals surface area contributed by atoms with Crippen LogP contribution < -0.4 is 0 Å². The summed E-state index contributed by atoms with van der Waals surface area (Å²) in [5.74, 6) is 0.677. The molecule has 4 rings (SSSR count). The van der Waals surface area contributed by atoms with Gasteiger partial charge in [-0.05, 0) is 31.5 Å². The van der Waals surface area contributed by atoms with Gasteiger partial charge in [0.15, 0.2) is 0 Å². The van der Waals surface area contributed by atoms with Crippen LogP contribution in [0.1, 0.15) is 40.5 Å². The highest BCUT2D eigenvalue weighted by molar-refractivity contribution is 5.95. The number of hydrogen-bond donors (Lipinski definition) is 1. The zero-order valence-electron chi connectivity index (χ0n) is 15.3. The van der Waals surface area contributed by atoms with Crippen LogP contribution in [-0.4, -0.2) is 30.2 Å². The van der Waals surface area contributed by atoms with E-state index in [2.05, 4.69) is 15.0 Å². The predicted octanol–water partition coefficient (Wildman–Crippen LogP) is 3.77. The molecule has 1 aromatic carbocycles. The quantitative estimate of drug-likeness (QED) is 0.590. The Hall–Kier alpha value is -3.41. The summed E-state index contributed by atoms with van der Waals surface area (Å²) in [5.41, 5.74) is 3.14. The Morgan fingerprint density at radius 3 is 2.70 bits per heavy atom. The van der Waals surface area contributed by atoms with Crippen LogP contribution in [0.15, 0.2) is 67.1 Å². The van der Waals surface area contributed by atoms with Crippen molar-refractivity contribution in [1.82, 2.24) is 24.3 Å². The van der Waals surface area contributed by atoms with E-state index in [1.54, 1.807) is 12.4 Å². The predicted molar refractivity (Wildman–Crippen MR) is 103 cm³/mol. The number of carbonyl (C=O) groups is 1. The van der Waals surface area contributed by atoms with Crippen molar-refractivity contribution in [2.45, 2.75) is 26.4 Å². The fourth-order valence-corrected chi connectivity index (χ4v) is 3.35. The minimum Gasteiger partial charge on any atom is -0.347 e. The molecular formula is C21H21N5O. The fourth-order valence-electron chi connectivity index (χ4n) is 3.35. The van der Waals surface area contributed by atoms with Gasteiger partial charge >= 0.3 is 0 Å². The van der Waals surface area contributed by atoms with Crippen LogP contribution in [0.3, 0.4) is 0 Å². The number of aromatic nitrogens is 4. The summed E-state index contributed by atoms with van der Waals surface area (Å²) in [6, 6.07) is 15.6.